The number of fused-ring (bicyclic) bond motifs is 1. The molecule has 170 valence electrons. The number of nitrogens with zero attached hydrogens (tertiary/aromatic N) is 1. The highest BCUT2D eigenvalue weighted by molar-refractivity contribution is 5.89. The highest BCUT2D eigenvalue weighted by Crippen LogP contribution is 2.38. The summed E-state index contributed by atoms with van der Waals surface area (Å²) in [6, 6.07) is 21.7. The van der Waals surface area contributed by atoms with Crippen LogP contribution in [-0.4, -0.2) is 17.8 Å². The summed E-state index contributed by atoms with van der Waals surface area (Å²) in [6.07, 6.45) is -1.22. The van der Waals surface area contributed by atoms with Gasteiger partial charge in [0, 0.05) is 35.9 Å². The average Bonchev–Trinajstić information content (AvgIpc) is 3.24. The summed E-state index contributed by atoms with van der Waals surface area (Å²) in [5, 5.41) is 0.901. The van der Waals surface area contributed by atoms with Crippen LogP contribution in [0.4, 0.5) is 13.2 Å². The molecule has 0 N–H and O–H groups in total. The Morgan fingerprint density at radius 3 is 2.48 bits per heavy atom. The number of benzene rings is 3. The van der Waals surface area contributed by atoms with E-state index < -0.39 is 17.8 Å². The molecular weight excluding hydrogens is 427 g/mol. The summed E-state index contributed by atoms with van der Waals surface area (Å²) < 4.78 is 54.6. The van der Waals surface area contributed by atoms with Crippen LogP contribution in [0.3, 0.4) is 0 Å². The van der Waals surface area contributed by atoms with E-state index in [9.17, 15) is 13.2 Å². The number of halogens is 3. The van der Waals surface area contributed by atoms with Gasteiger partial charge in [0.1, 0.15) is 18.2 Å². The zero-order valence-electron chi connectivity index (χ0n) is 18.0. The van der Waals surface area contributed by atoms with Crippen molar-refractivity contribution in [3.63, 3.8) is 0 Å². The van der Waals surface area contributed by atoms with Crippen molar-refractivity contribution in [3.05, 3.63) is 95.4 Å². The van der Waals surface area contributed by atoms with E-state index in [4.69, 9.17) is 9.47 Å². The van der Waals surface area contributed by atoms with E-state index in [0.29, 0.717) is 25.5 Å². The van der Waals surface area contributed by atoms with Crippen LogP contribution in [0.25, 0.3) is 16.6 Å². The molecule has 33 heavy (non-hydrogen) atoms. The standard InChI is InChI=1S/C27H24F3NO2/c28-23-10-9-20(15-21(23)27(29)30)31-24-7-4-8-26(33-17-18-5-2-1-3-6-18)22(24)16-25(31)19-11-13-32-14-12-19/h1-10,15-16,19,27H,11-14,17H2. The molecule has 0 amide bonds. The number of alkyl halides is 2. The molecular formula is C27H24F3NO2. The Balaban J connectivity index is 1.63. The fourth-order valence-corrected chi connectivity index (χ4v) is 4.50. The number of aromatic nitrogens is 1. The first-order valence-electron chi connectivity index (χ1n) is 11.1. The fourth-order valence-electron chi connectivity index (χ4n) is 4.50. The molecule has 1 aromatic heterocycles. The summed E-state index contributed by atoms with van der Waals surface area (Å²) >= 11 is 0. The summed E-state index contributed by atoms with van der Waals surface area (Å²) in [6.45, 7) is 1.72. The molecule has 5 rings (SSSR count). The predicted molar refractivity (Wildman–Crippen MR) is 122 cm³/mol. The van der Waals surface area contributed by atoms with Crippen LogP contribution in [0, 0.1) is 5.82 Å². The normalized spacial score (nSPS) is 14.8. The molecule has 0 saturated carbocycles. The van der Waals surface area contributed by atoms with Crippen molar-refractivity contribution >= 4 is 10.9 Å². The molecule has 1 fully saturated rings. The Bertz CT molecular complexity index is 1250. The number of ether oxygens (including phenoxy) is 2. The van der Waals surface area contributed by atoms with Crippen LogP contribution in [-0.2, 0) is 11.3 Å². The van der Waals surface area contributed by atoms with Crippen molar-refractivity contribution in [2.45, 2.75) is 31.8 Å². The first-order valence-corrected chi connectivity index (χ1v) is 11.1. The molecule has 0 aliphatic carbocycles. The zero-order valence-corrected chi connectivity index (χ0v) is 18.0. The number of rotatable bonds is 6. The van der Waals surface area contributed by atoms with Gasteiger partial charge < -0.3 is 14.0 Å². The van der Waals surface area contributed by atoms with E-state index >= 15 is 0 Å². The Morgan fingerprint density at radius 1 is 0.939 bits per heavy atom. The fraction of sp³-hybridized carbons (Fsp3) is 0.259. The van der Waals surface area contributed by atoms with Crippen molar-refractivity contribution < 1.29 is 22.6 Å². The Morgan fingerprint density at radius 2 is 1.73 bits per heavy atom. The van der Waals surface area contributed by atoms with Crippen LogP contribution in [0.2, 0.25) is 0 Å². The third kappa shape index (κ3) is 4.35. The molecule has 3 nitrogen and oxygen atoms in total. The zero-order chi connectivity index (χ0) is 22.8. The third-order valence-corrected chi connectivity index (χ3v) is 6.18. The molecule has 0 unspecified atom stereocenters. The smallest absolute Gasteiger partial charge is 0.266 e. The monoisotopic (exact) mass is 451 g/mol. The molecule has 4 aromatic rings. The van der Waals surface area contributed by atoms with Gasteiger partial charge in [-0.25, -0.2) is 13.2 Å². The molecule has 1 aliphatic heterocycles. The van der Waals surface area contributed by atoms with Crippen molar-refractivity contribution in [3.8, 4) is 11.4 Å². The molecule has 2 heterocycles. The van der Waals surface area contributed by atoms with Crippen molar-refractivity contribution in [1.29, 1.82) is 0 Å². The maximum atomic E-state index is 14.0. The lowest BCUT2D eigenvalue weighted by Gasteiger charge is -2.24. The maximum absolute atomic E-state index is 14.0. The Labute approximate surface area is 190 Å². The first-order chi connectivity index (χ1) is 16.1. The second-order valence-electron chi connectivity index (χ2n) is 8.26. The van der Waals surface area contributed by atoms with Gasteiger partial charge in [0.15, 0.2) is 0 Å². The second kappa shape index (κ2) is 9.32. The second-order valence-corrected chi connectivity index (χ2v) is 8.26. The highest BCUT2D eigenvalue weighted by atomic mass is 19.3. The molecule has 0 bridgehead atoms. The van der Waals surface area contributed by atoms with Gasteiger partial charge in [0.2, 0.25) is 0 Å². The molecule has 0 spiro atoms. The summed E-state index contributed by atoms with van der Waals surface area (Å²) in [5.41, 5.74) is 2.82. The van der Waals surface area contributed by atoms with Gasteiger partial charge in [0.05, 0.1) is 11.1 Å². The first kappa shape index (κ1) is 21.6. The topological polar surface area (TPSA) is 23.4 Å². The highest BCUT2D eigenvalue weighted by Gasteiger charge is 2.24. The van der Waals surface area contributed by atoms with Gasteiger partial charge >= 0.3 is 0 Å². The quantitative estimate of drug-likeness (QED) is 0.310. The van der Waals surface area contributed by atoms with E-state index in [1.165, 1.54) is 6.07 Å². The summed E-state index contributed by atoms with van der Waals surface area (Å²) in [7, 11) is 0. The lowest BCUT2D eigenvalue weighted by atomic mass is 9.96. The van der Waals surface area contributed by atoms with E-state index in [1.807, 2.05) is 53.1 Å². The summed E-state index contributed by atoms with van der Waals surface area (Å²) in [4.78, 5) is 0. The largest absolute Gasteiger partial charge is 0.488 e. The van der Waals surface area contributed by atoms with Crippen molar-refractivity contribution in [2.24, 2.45) is 0 Å². The van der Waals surface area contributed by atoms with Crippen LogP contribution in [0.1, 0.15) is 42.0 Å². The number of hydrogen-bond acceptors (Lipinski definition) is 2. The van der Waals surface area contributed by atoms with E-state index in [1.54, 1.807) is 6.07 Å². The van der Waals surface area contributed by atoms with Crippen LogP contribution in [0.15, 0.2) is 72.8 Å². The predicted octanol–water partition coefficient (Wildman–Crippen LogP) is 7.18. The van der Waals surface area contributed by atoms with E-state index in [0.717, 1.165) is 46.8 Å². The Kier molecular flexibility index (Phi) is 6.09. The molecule has 0 atom stereocenters. The molecule has 0 radical (unpaired) electrons. The molecule has 1 aliphatic rings. The molecule has 6 heteroatoms. The summed E-state index contributed by atoms with van der Waals surface area (Å²) in [5.74, 6) is 0.0255. The van der Waals surface area contributed by atoms with Crippen LogP contribution in [0.5, 0.6) is 5.75 Å². The molecule has 1 saturated heterocycles. The molecule has 3 aromatic carbocycles. The van der Waals surface area contributed by atoms with Gasteiger partial charge in [-0.15, -0.1) is 0 Å². The van der Waals surface area contributed by atoms with Crippen molar-refractivity contribution in [2.75, 3.05) is 13.2 Å². The number of hydrogen-bond donors (Lipinski definition) is 0. The van der Waals surface area contributed by atoms with Gasteiger partial charge in [-0.3, -0.25) is 0 Å². The van der Waals surface area contributed by atoms with Gasteiger partial charge in [-0.05, 0) is 54.8 Å². The van der Waals surface area contributed by atoms with Gasteiger partial charge in [-0.1, -0.05) is 36.4 Å². The van der Waals surface area contributed by atoms with Gasteiger partial charge in [-0.2, -0.15) is 0 Å². The lowest BCUT2D eigenvalue weighted by molar-refractivity contribution is 0.0842. The minimum Gasteiger partial charge on any atom is -0.488 e. The van der Waals surface area contributed by atoms with Gasteiger partial charge in [0.25, 0.3) is 6.43 Å². The van der Waals surface area contributed by atoms with Crippen LogP contribution < -0.4 is 4.74 Å². The maximum Gasteiger partial charge on any atom is 0.266 e. The average molecular weight is 451 g/mol. The SMILES string of the molecule is Fc1ccc(-n2c(C3CCOCC3)cc3c(OCc4ccccc4)cccc32)cc1C(F)F. The van der Waals surface area contributed by atoms with E-state index in [2.05, 4.69) is 6.07 Å². The van der Waals surface area contributed by atoms with E-state index in [-0.39, 0.29) is 5.92 Å². The van der Waals surface area contributed by atoms with Crippen LogP contribution >= 0.6 is 0 Å². The Hall–Kier alpha value is -3.25. The lowest BCUT2D eigenvalue weighted by Crippen LogP contribution is -2.16. The minimum absolute atomic E-state index is 0.202. The third-order valence-electron chi connectivity index (χ3n) is 6.18. The van der Waals surface area contributed by atoms with Crippen molar-refractivity contribution in [1.82, 2.24) is 4.57 Å². The minimum atomic E-state index is -2.89.